The summed E-state index contributed by atoms with van der Waals surface area (Å²) in [6, 6.07) is 1.41. The summed E-state index contributed by atoms with van der Waals surface area (Å²) < 4.78 is 52.2. The average Bonchev–Trinajstić information content (AvgIpc) is 2.13. The molecule has 0 aliphatic carbocycles. The minimum Gasteiger partial charge on any atom is -0.294 e. The second-order valence-electron chi connectivity index (χ2n) is 5.19. The Labute approximate surface area is 104 Å². The summed E-state index contributed by atoms with van der Waals surface area (Å²) in [5, 5.41) is 0.0301. The van der Waals surface area contributed by atoms with Crippen LogP contribution in [0.25, 0.3) is 0 Å². The number of hydrogen-bond donors (Lipinski definition) is 0. The Hall–Kier alpha value is -1.17. The molecule has 0 amide bonds. The predicted molar refractivity (Wildman–Crippen MR) is 64.4 cm³/mol. The van der Waals surface area contributed by atoms with Crippen LogP contribution in [0.2, 0.25) is 19.6 Å². The van der Waals surface area contributed by atoms with Crippen molar-refractivity contribution >= 4 is 19.0 Å². The van der Waals surface area contributed by atoms with Crippen molar-refractivity contribution < 1.29 is 22.4 Å². The number of carbonyl (C=O) groups is 1. The monoisotopic (exact) mass is 278 g/mol. The van der Waals surface area contributed by atoms with Gasteiger partial charge in [0.2, 0.25) is 0 Å². The Bertz CT molecular complexity index is 486. The van der Waals surface area contributed by atoms with E-state index >= 15 is 0 Å². The fourth-order valence-electron chi connectivity index (χ4n) is 1.59. The van der Waals surface area contributed by atoms with Crippen molar-refractivity contribution in [3.05, 3.63) is 29.1 Å². The number of benzene rings is 1. The van der Waals surface area contributed by atoms with Crippen LogP contribution in [-0.4, -0.2) is 13.9 Å². The van der Waals surface area contributed by atoms with Crippen LogP contribution in [-0.2, 0) is 6.18 Å². The van der Waals surface area contributed by atoms with E-state index in [2.05, 4.69) is 0 Å². The van der Waals surface area contributed by atoms with Crippen LogP contribution < -0.4 is 5.19 Å². The largest absolute Gasteiger partial charge is 0.416 e. The molecule has 0 spiro atoms. The highest BCUT2D eigenvalue weighted by Gasteiger charge is 2.35. The van der Waals surface area contributed by atoms with Crippen molar-refractivity contribution in [2.45, 2.75) is 32.7 Å². The third kappa shape index (κ3) is 2.98. The van der Waals surface area contributed by atoms with Crippen LogP contribution >= 0.6 is 0 Å². The van der Waals surface area contributed by atoms with E-state index in [1.54, 1.807) is 19.6 Å². The molecular weight excluding hydrogens is 264 g/mol. The molecule has 6 heteroatoms. The molecule has 0 saturated carbocycles. The molecule has 0 aliphatic rings. The summed E-state index contributed by atoms with van der Waals surface area (Å²) in [6.45, 7) is 6.26. The zero-order valence-corrected chi connectivity index (χ0v) is 11.6. The summed E-state index contributed by atoms with van der Waals surface area (Å²) in [5.41, 5.74) is -1.45. The van der Waals surface area contributed by atoms with Gasteiger partial charge in [-0.3, -0.25) is 4.79 Å². The topological polar surface area (TPSA) is 17.1 Å². The summed E-state index contributed by atoms with van der Waals surface area (Å²) in [5.74, 6) is -1.51. The summed E-state index contributed by atoms with van der Waals surface area (Å²) >= 11 is 0. The lowest BCUT2D eigenvalue weighted by Crippen LogP contribution is -2.41. The lowest BCUT2D eigenvalue weighted by molar-refractivity contribution is -0.137. The SMILES string of the molecule is CC(=O)c1cc(C(F)(F)F)cc([Si](C)(C)C)c1F. The fourth-order valence-corrected chi connectivity index (χ4v) is 2.97. The van der Waals surface area contributed by atoms with Crippen molar-refractivity contribution in [3.63, 3.8) is 0 Å². The van der Waals surface area contributed by atoms with Gasteiger partial charge in [0.05, 0.1) is 19.2 Å². The van der Waals surface area contributed by atoms with Gasteiger partial charge in [0.15, 0.2) is 5.78 Å². The summed E-state index contributed by atoms with van der Waals surface area (Å²) in [6.07, 6.45) is -4.58. The molecule has 0 atom stereocenters. The Morgan fingerprint density at radius 2 is 1.67 bits per heavy atom. The van der Waals surface area contributed by atoms with E-state index in [4.69, 9.17) is 0 Å². The molecule has 0 fully saturated rings. The molecular formula is C12H14F4OSi. The van der Waals surface area contributed by atoms with E-state index in [-0.39, 0.29) is 5.19 Å². The van der Waals surface area contributed by atoms with Gasteiger partial charge in [-0.1, -0.05) is 19.6 Å². The highest BCUT2D eigenvalue weighted by Crippen LogP contribution is 2.30. The van der Waals surface area contributed by atoms with Crippen LogP contribution in [0, 0.1) is 5.82 Å². The van der Waals surface area contributed by atoms with Gasteiger partial charge in [-0.05, 0) is 24.2 Å². The van der Waals surface area contributed by atoms with Gasteiger partial charge in [0.25, 0.3) is 0 Å². The first-order chi connectivity index (χ1) is 7.94. The van der Waals surface area contributed by atoms with Crippen LogP contribution in [0.4, 0.5) is 17.6 Å². The lowest BCUT2D eigenvalue weighted by Gasteiger charge is -2.21. The van der Waals surface area contributed by atoms with Crippen molar-refractivity contribution in [1.29, 1.82) is 0 Å². The molecule has 0 aromatic heterocycles. The maximum atomic E-state index is 14.0. The predicted octanol–water partition coefficient (Wildman–Crippen LogP) is 3.59. The average molecular weight is 278 g/mol. The molecule has 0 bridgehead atoms. The van der Waals surface area contributed by atoms with Crippen molar-refractivity contribution in [3.8, 4) is 0 Å². The molecule has 0 aliphatic heterocycles. The van der Waals surface area contributed by atoms with E-state index in [1.165, 1.54) is 0 Å². The van der Waals surface area contributed by atoms with E-state index in [0.717, 1.165) is 13.0 Å². The van der Waals surface area contributed by atoms with Gasteiger partial charge in [0.1, 0.15) is 5.82 Å². The normalized spacial score (nSPS) is 12.7. The Kier molecular flexibility index (Phi) is 3.72. The Morgan fingerprint density at radius 3 is 2.00 bits per heavy atom. The number of rotatable bonds is 2. The van der Waals surface area contributed by atoms with Crippen LogP contribution in [0.15, 0.2) is 12.1 Å². The molecule has 0 saturated heterocycles. The second-order valence-corrected chi connectivity index (χ2v) is 10.2. The van der Waals surface area contributed by atoms with Gasteiger partial charge in [-0.25, -0.2) is 4.39 Å². The summed E-state index contributed by atoms with van der Waals surface area (Å²) in [7, 11) is -2.29. The molecule has 0 radical (unpaired) electrons. The third-order valence-corrected chi connectivity index (χ3v) is 4.57. The third-order valence-electron chi connectivity index (χ3n) is 2.59. The Morgan fingerprint density at radius 1 is 1.17 bits per heavy atom. The van der Waals surface area contributed by atoms with Crippen molar-refractivity contribution in [2.75, 3.05) is 0 Å². The van der Waals surface area contributed by atoms with Gasteiger partial charge in [-0.15, -0.1) is 0 Å². The molecule has 0 unspecified atom stereocenters. The van der Waals surface area contributed by atoms with Gasteiger partial charge in [0, 0.05) is 0 Å². The first-order valence-corrected chi connectivity index (χ1v) is 8.86. The number of carbonyl (C=O) groups excluding carboxylic acids is 1. The van der Waals surface area contributed by atoms with Crippen molar-refractivity contribution in [2.24, 2.45) is 0 Å². The van der Waals surface area contributed by atoms with E-state index < -0.39 is 37.0 Å². The van der Waals surface area contributed by atoms with Crippen LogP contribution in [0.1, 0.15) is 22.8 Å². The van der Waals surface area contributed by atoms with E-state index in [0.29, 0.717) is 6.07 Å². The molecule has 100 valence electrons. The Balaban J connectivity index is 3.63. The maximum absolute atomic E-state index is 14.0. The molecule has 0 heterocycles. The van der Waals surface area contributed by atoms with Gasteiger partial charge >= 0.3 is 6.18 Å². The zero-order chi connectivity index (χ0) is 14.3. The quantitative estimate of drug-likeness (QED) is 0.459. The number of Topliss-reactive ketones (excluding diaryl/α,β-unsaturated/α-hetero) is 1. The summed E-state index contributed by atoms with van der Waals surface area (Å²) in [4.78, 5) is 11.2. The lowest BCUT2D eigenvalue weighted by atomic mass is 10.1. The standard InChI is InChI=1S/C12H14F4OSi/c1-7(17)9-5-8(12(14,15)16)6-10(11(9)13)18(2,3)4/h5-6H,1-4H3. The number of hydrogen-bond acceptors (Lipinski definition) is 1. The first-order valence-electron chi connectivity index (χ1n) is 5.36. The van der Waals surface area contributed by atoms with E-state index in [9.17, 15) is 22.4 Å². The minimum atomic E-state index is -4.58. The molecule has 1 aromatic rings. The van der Waals surface area contributed by atoms with Gasteiger partial charge < -0.3 is 0 Å². The highest BCUT2D eigenvalue weighted by atomic mass is 28.3. The number of ketones is 1. The minimum absolute atomic E-state index is 0.0301. The molecule has 1 rings (SSSR count). The van der Waals surface area contributed by atoms with Gasteiger partial charge in [-0.2, -0.15) is 13.2 Å². The van der Waals surface area contributed by atoms with Crippen molar-refractivity contribution in [1.82, 2.24) is 0 Å². The number of halogens is 4. The molecule has 0 N–H and O–H groups in total. The van der Waals surface area contributed by atoms with E-state index in [1.807, 2.05) is 0 Å². The first kappa shape index (κ1) is 14.9. The second kappa shape index (κ2) is 4.49. The van der Waals surface area contributed by atoms with Crippen LogP contribution in [0.5, 0.6) is 0 Å². The highest BCUT2D eigenvalue weighted by molar-refractivity contribution is 6.88. The zero-order valence-electron chi connectivity index (χ0n) is 10.6. The van der Waals surface area contributed by atoms with Crippen LogP contribution in [0.3, 0.4) is 0 Å². The maximum Gasteiger partial charge on any atom is 0.416 e. The molecule has 18 heavy (non-hydrogen) atoms. The smallest absolute Gasteiger partial charge is 0.294 e. The number of alkyl halides is 3. The molecule has 1 nitrogen and oxygen atoms in total. The fraction of sp³-hybridized carbons (Fsp3) is 0.417. The molecule has 1 aromatic carbocycles.